The molecule has 0 saturated heterocycles. The molecule has 0 spiro atoms. The molecule has 0 aliphatic heterocycles. The Hall–Kier alpha value is -0.530. The van der Waals surface area contributed by atoms with Gasteiger partial charge < -0.3 is 4.90 Å². The van der Waals surface area contributed by atoms with Gasteiger partial charge in [-0.3, -0.25) is 0 Å². The van der Waals surface area contributed by atoms with Crippen LogP contribution in [0.25, 0.3) is 0 Å². The molecule has 1 fully saturated rings. The van der Waals surface area contributed by atoms with Crippen molar-refractivity contribution in [3.8, 4) is 0 Å². The molecule has 2 rings (SSSR count). The van der Waals surface area contributed by atoms with Crippen LogP contribution >= 0.6 is 11.6 Å². The molecule has 20 heavy (non-hydrogen) atoms. The topological polar surface area (TPSA) is 3.24 Å². The van der Waals surface area contributed by atoms with E-state index in [0.29, 0.717) is 0 Å². The highest BCUT2D eigenvalue weighted by Crippen LogP contribution is 2.26. The third kappa shape index (κ3) is 4.49. The number of aryl methyl sites for hydroxylation is 1. The fourth-order valence-corrected chi connectivity index (χ4v) is 3.57. The van der Waals surface area contributed by atoms with Gasteiger partial charge in [-0.1, -0.05) is 56.9 Å². The van der Waals surface area contributed by atoms with Crippen LogP contribution < -0.4 is 0 Å². The largest absolute Gasteiger partial charge is 0.302 e. The molecule has 1 atom stereocenters. The van der Waals surface area contributed by atoms with Gasteiger partial charge in [0.2, 0.25) is 0 Å². The summed E-state index contributed by atoms with van der Waals surface area (Å²) in [5.41, 5.74) is 2.68. The smallest absolute Gasteiger partial charge is 0.0712 e. The predicted molar refractivity (Wildman–Crippen MR) is 88.5 cm³/mol. The van der Waals surface area contributed by atoms with E-state index >= 15 is 0 Å². The molecule has 1 aromatic rings. The lowest BCUT2D eigenvalue weighted by Crippen LogP contribution is -2.35. The van der Waals surface area contributed by atoms with Gasteiger partial charge in [0.05, 0.1) is 5.38 Å². The number of halogens is 1. The van der Waals surface area contributed by atoms with Crippen molar-refractivity contribution >= 4 is 11.6 Å². The van der Waals surface area contributed by atoms with Crippen LogP contribution in [0.4, 0.5) is 0 Å². The van der Waals surface area contributed by atoms with Crippen LogP contribution in [-0.2, 0) is 6.42 Å². The number of alkyl halides is 1. The van der Waals surface area contributed by atoms with Crippen molar-refractivity contribution in [1.29, 1.82) is 0 Å². The SMILES string of the molecule is CCCc1ccc(C(Cl)CN(C)C2CCCCC2)cc1. The number of nitrogens with zero attached hydrogens (tertiary/aromatic N) is 1. The lowest BCUT2D eigenvalue weighted by molar-refractivity contribution is 0.192. The quantitative estimate of drug-likeness (QED) is 0.653. The number of benzene rings is 1. The second-order valence-electron chi connectivity index (χ2n) is 6.19. The maximum atomic E-state index is 6.61. The normalized spacial score (nSPS) is 18.4. The van der Waals surface area contributed by atoms with Crippen LogP contribution in [0, 0.1) is 0 Å². The average molecular weight is 294 g/mol. The summed E-state index contributed by atoms with van der Waals surface area (Å²) >= 11 is 6.61. The molecule has 1 aliphatic carbocycles. The van der Waals surface area contributed by atoms with Crippen LogP contribution in [0.15, 0.2) is 24.3 Å². The second kappa shape index (κ2) is 8.05. The summed E-state index contributed by atoms with van der Waals surface area (Å²) in [6.07, 6.45) is 9.23. The molecule has 2 heteroatoms. The first-order chi connectivity index (χ1) is 9.70. The van der Waals surface area contributed by atoms with Crippen molar-refractivity contribution in [3.63, 3.8) is 0 Å². The highest BCUT2D eigenvalue weighted by molar-refractivity contribution is 6.21. The summed E-state index contributed by atoms with van der Waals surface area (Å²) in [5, 5.41) is 0.109. The van der Waals surface area contributed by atoms with Crippen LogP contribution in [0.1, 0.15) is 62.0 Å². The highest BCUT2D eigenvalue weighted by Gasteiger charge is 2.20. The van der Waals surface area contributed by atoms with Gasteiger partial charge >= 0.3 is 0 Å². The zero-order chi connectivity index (χ0) is 14.4. The van der Waals surface area contributed by atoms with Crippen molar-refractivity contribution in [3.05, 3.63) is 35.4 Å². The molecule has 0 bridgehead atoms. The molecular weight excluding hydrogens is 266 g/mol. The molecule has 0 amide bonds. The molecule has 1 aliphatic rings. The summed E-state index contributed by atoms with van der Waals surface area (Å²) < 4.78 is 0. The van der Waals surface area contributed by atoms with E-state index in [1.54, 1.807) is 0 Å². The fraction of sp³-hybridized carbons (Fsp3) is 0.667. The van der Waals surface area contributed by atoms with E-state index in [2.05, 4.69) is 43.1 Å². The predicted octanol–water partition coefficient (Wildman–Crippen LogP) is 5.18. The van der Waals surface area contributed by atoms with Crippen LogP contribution in [-0.4, -0.2) is 24.5 Å². The molecule has 0 N–H and O–H groups in total. The average Bonchev–Trinajstić information content (AvgIpc) is 2.49. The summed E-state index contributed by atoms with van der Waals surface area (Å²) in [6, 6.07) is 9.61. The fourth-order valence-electron chi connectivity index (χ4n) is 3.21. The van der Waals surface area contributed by atoms with E-state index in [9.17, 15) is 0 Å². The van der Waals surface area contributed by atoms with Gasteiger partial charge in [-0.05, 0) is 37.4 Å². The van der Waals surface area contributed by atoms with Gasteiger partial charge in [0, 0.05) is 12.6 Å². The minimum absolute atomic E-state index is 0.109. The molecule has 1 aromatic carbocycles. The Balaban J connectivity index is 1.88. The zero-order valence-electron chi connectivity index (χ0n) is 12.9. The molecule has 1 unspecified atom stereocenters. The first-order valence-corrected chi connectivity index (χ1v) is 8.57. The summed E-state index contributed by atoms with van der Waals surface area (Å²) in [6.45, 7) is 3.18. The highest BCUT2D eigenvalue weighted by atomic mass is 35.5. The van der Waals surface area contributed by atoms with Crippen molar-refractivity contribution in [2.45, 2.75) is 63.3 Å². The van der Waals surface area contributed by atoms with Gasteiger partial charge in [-0.15, -0.1) is 11.6 Å². The summed E-state index contributed by atoms with van der Waals surface area (Å²) in [4.78, 5) is 2.47. The lowest BCUT2D eigenvalue weighted by Gasteiger charge is -2.32. The molecule has 112 valence electrons. The van der Waals surface area contributed by atoms with Crippen molar-refractivity contribution < 1.29 is 0 Å². The lowest BCUT2D eigenvalue weighted by atomic mass is 9.94. The second-order valence-corrected chi connectivity index (χ2v) is 6.72. The molecule has 1 nitrogen and oxygen atoms in total. The van der Waals surface area contributed by atoms with Gasteiger partial charge in [0.1, 0.15) is 0 Å². The minimum atomic E-state index is 0.109. The maximum Gasteiger partial charge on any atom is 0.0712 e. The van der Waals surface area contributed by atoms with Gasteiger partial charge in [-0.25, -0.2) is 0 Å². The van der Waals surface area contributed by atoms with Gasteiger partial charge in [0.15, 0.2) is 0 Å². The first-order valence-electron chi connectivity index (χ1n) is 8.14. The van der Waals surface area contributed by atoms with Gasteiger partial charge in [-0.2, -0.15) is 0 Å². The van der Waals surface area contributed by atoms with Gasteiger partial charge in [0.25, 0.3) is 0 Å². The molecule has 0 heterocycles. The Bertz CT molecular complexity index is 381. The first kappa shape index (κ1) is 15.9. The van der Waals surface area contributed by atoms with Crippen LogP contribution in [0.2, 0.25) is 0 Å². The minimum Gasteiger partial charge on any atom is -0.302 e. The Kier molecular flexibility index (Phi) is 6.38. The van der Waals surface area contributed by atoms with Crippen molar-refractivity contribution in [1.82, 2.24) is 4.90 Å². The van der Waals surface area contributed by atoms with E-state index in [0.717, 1.165) is 19.0 Å². The Labute approximate surface area is 129 Å². The number of likely N-dealkylation sites (N-methyl/N-ethyl adjacent to an activating group) is 1. The van der Waals surface area contributed by atoms with Crippen LogP contribution in [0.5, 0.6) is 0 Å². The standard InChI is InChI=1S/C18H28ClN/c1-3-7-15-10-12-16(13-11-15)18(19)14-20(2)17-8-5-4-6-9-17/h10-13,17-18H,3-9,14H2,1-2H3. The molecule has 1 saturated carbocycles. The van der Waals surface area contributed by atoms with E-state index in [1.165, 1.54) is 49.7 Å². The Morgan fingerprint density at radius 3 is 2.40 bits per heavy atom. The third-order valence-electron chi connectivity index (χ3n) is 4.53. The van der Waals surface area contributed by atoms with E-state index in [-0.39, 0.29) is 5.38 Å². The Morgan fingerprint density at radius 1 is 1.15 bits per heavy atom. The monoisotopic (exact) mass is 293 g/mol. The third-order valence-corrected chi connectivity index (χ3v) is 4.92. The van der Waals surface area contributed by atoms with Crippen LogP contribution in [0.3, 0.4) is 0 Å². The summed E-state index contributed by atoms with van der Waals surface area (Å²) in [7, 11) is 2.23. The number of rotatable bonds is 6. The van der Waals surface area contributed by atoms with E-state index in [1.807, 2.05) is 0 Å². The molecule has 0 aromatic heterocycles. The maximum absolute atomic E-state index is 6.61. The summed E-state index contributed by atoms with van der Waals surface area (Å²) in [5.74, 6) is 0. The number of hydrogen-bond acceptors (Lipinski definition) is 1. The molecular formula is C18H28ClN. The Morgan fingerprint density at radius 2 is 1.80 bits per heavy atom. The van der Waals surface area contributed by atoms with E-state index in [4.69, 9.17) is 11.6 Å². The molecule has 0 radical (unpaired) electrons. The van der Waals surface area contributed by atoms with Crippen molar-refractivity contribution in [2.75, 3.05) is 13.6 Å². The van der Waals surface area contributed by atoms with Crippen molar-refractivity contribution in [2.24, 2.45) is 0 Å². The zero-order valence-corrected chi connectivity index (χ0v) is 13.7. The number of hydrogen-bond donors (Lipinski definition) is 0. The van der Waals surface area contributed by atoms with E-state index < -0.39 is 0 Å².